The Morgan fingerprint density at radius 3 is 2.69 bits per heavy atom. The van der Waals surface area contributed by atoms with Gasteiger partial charge < -0.3 is 14.6 Å². The average molecular weight is 227 g/mol. The van der Waals surface area contributed by atoms with E-state index in [4.69, 9.17) is 9.26 Å². The summed E-state index contributed by atoms with van der Waals surface area (Å²) >= 11 is 0. The Balaban J connectivity index is 2.63. The highest BCUT2D eigenvalue weighted by Crippen LogP contribution is 2.22. The summed E-state index contributed by atoms with van der Waals surface area (Å²) in [4.78, 5) is 4.26. The van der Waals surface area contributed by atoms with Crippen molar-refractivity contribution in [1.82, 2.24) is 10.1 Å². The first-order valence-corrected chi connectivity index (χ1v) is 5.67. The van der Waals surface area contributed by atoms with Crippen LogP contribution in [0.3, 0.4) is 0 Å². The molecule has 5 heteroatoms. The molecule has 0 aliphatic rings. The highest BCUT2D eigenvalue weighted by atomic mass is 16.5. The lowest BCUT2D eigenvalue weighted by molar-refractivity contribution is -0.0221. The molecule has 0 unspecified atom stereocenters. The van der Waals surface area contributed by atoms with Crippen molar-refractivity contribution in [1.29, 1.82) is 0 Å². The molecule has 0 aromatic carbocycles. The van der Waals surface area contributed by atoms with Crippen LogP contribution in [0.15, 0.2) is 4.52 Å². The molecular formula is C11H21N3O2. The lowest BCUT2D eigenvalue weighted by atomic mass is 10.1. The number of aromatic nitrogens is 2. The van der Waals surface area contributed by atoms with Gasteiger partial charge in [0.1, 0.15) is 5.60 Å². The molecule has 0 saturated heterocycles. The van der Waals surface area contributed by atoms with Crippen LogP contribution in [-0.2, 0) is 10.3 Å². The van der Waals surface area contributed by atoms with Gasteiger partial charge in [0.15, 0.2) is 0 Å². The Morgan fingerprint density at radius 2 is 2.12 bits per heavy atom. The van der Waals surface area contributed by atoms with Crippen LogP contribution in [-0.4, -0.2) is 23.3 Å². The fraction of sp³-hybridized carbons (Fsp3) is 0.818. The summed E-state index contributed by atoms with van der Waals surface area (Å²) in [6, 6.07) is 0.455. The Labute approximate surface area is 96.6 Å². The van der Waals surface area contributed by atoms with E-state index in [2.05, 4.69) is 29.3 Å². The van der Waals surface area contributed by atoms with Crippen molar-refractivity contribution >= 4 is 6.01 Å². The third-order valence-corrected chi connectivity index (χ3v) is 2.13. The van der Waals surface area contributed by atoms with E-state index in [1.165, 1.54) is 0 Å². The van der Waals surface area contributed by atoms with Crippen molar-refractivity contribution in [3.05, 3.63) is 5.82 Å². The van der Waals surface area contributed by atoms with Crippen LogP contribution in [0.1, 0.15) is 40.4 Å². The molecule has 0 aliphatic carbocycles. The number of ether oxygens (including phenoxy) is 1. The van der Waals surface area contributed by atoms with Crippen LogP contribution in [0.25, 0.3) is 0 Å². The Kier molecular flexibility index (Phi) is 4.29. The fourth-order valence-corrected chi connectivity index (χ4v) is 1.26. The smallest absolute Gasteiger partial charge is 0.321 e. The van der Waals surface area contributed by atoms with Crippen LogP contribution < -0.4 is 5.32 Å². The zero-order valence-corrected chi connectivity index (χ0v) is 10.7. The Hall–Kier alpha value is -1.10. The summed E-state index contributed by atoms with van der Waals surface area (Å²) in [5.74, 6) is 1.11. The van der Waals surface area contributed by atoms with Crippen molar-refractivity contribution in [3.63, 3.8) is 0 Å². The zero-order valence-electron chi connectivity index (χ0n) is 10.7. The third-order valence-electron chi connectivity index (χ3n) is 2.13. The number of hydrogen-bond donors (Lipinski definition) is 1. The first-order valence-electron chi connectivity index (χ1n) is 5.67. The van der Waals surface area contributed by atoms with Gasteiger partial charge in [0.25, 0.3) is 0 Å². The number of rotatable bonds is 6. The Bertz CT molecular complexity index is 321. The lowest BCUT2D eigenvalue weighted by Crippen LogP contribution is -2.23. The molecule has 0 atom stereocenters. The molecule has 5 nitrogen and oxygen atoms in total. The van der Waals surface area contributed by atoms with Gasteiger partial charge in [-0.1, -0.05) is 19.0 Å². The topological polar surface area (TPSA) is 60.2 Å². The summed E-state index contributed by atoms with van der Waals surface area (Å²) < 4.78 is 10.6. The predicted molar refractivity (Wildman–Crippen MR) is 62.3 cm³/mol. The molecule has 92 valence electrons. The van der Waals surface area contributed by atoms with E-state index in [-0.39, 0.29) is 0 Å². The maximum atomic E-state index is 5.54. The second kappa shape index (κ2) is 5.30. The monoisotopic (exact) mass is 227 g/mol. The lowest BCUT2D eigenvalue weighted by Gasteiger charge is -2.19. The van der Waals surface area contributed by atoms with Gasteiger partial charge in [-0.2, -0.15) is 4.98 Å². The van der Waals surface area contributed by atoms with Gasteiger partial charge in [-0.15, -0.1) is 0 Å². The molecule has 1 rings (SSSR count). The number of nitrogens with zero attached hydrogens (tertiary/aromatic N) is 2. The largest absolute Gasteiger partial charge is 0.368 e. The first kappa shape index (κ1) is 13.0. The summed E-state index contributed by atoms with van der Waals surface area (Å²) in [7, 11) is 0. The van der Waals surface area contributed by atoms with Gasteiger partial charge in [0, 0.05) is 13.2 Å². The minimum Gasteiger partial charge on any atom is -0.368 e. The van der Waals surface area contributed by atoms with E-state index in [0.717, 1.165) is 6.54 Å². The molecule has 0 fully saturated rings. The van der Waals surface area contributed by atoms with Gasteiger partial charge in [-0.3, -0.25) is 0 Å². The summed E-state index contributed by atoms with van der Waals surface area (Å²) in [6.07, 6.45) is 0. The quantitative estimate of drug-likeness (QED) is 0.808. The van der Waals surface area contributed by atoms with Crippen molar-refractivity contribution in [2.75, 3.05) is 18.5 Å². The molecule has 0 spiro atoms. The fourth-order valence-electron chi connectivity index (χ4n) is 1.26. The van der Waals surface area contributed by atoms with E-state index in [0.29, 0.717) is 24.4 Å². The van der Waals surface area contributed by atoms with Crippen molar-refractivity contribution in [2.45, 2.75) is 40.2 Å². The minimum absolute atomic E-state index is 0.455. The molecular weight excluding hydrogens is 206 g/mol. The second-order valence-electron chi connectivity index (χ2n) is 4.64. The van der Waals surface area contributed by atoms with Gasteiger partial charge in [0.05, 0.1) is 0 Å². The molecule has 0 radical (unpaired) electrons. The maximum Gasteiger partial charge on any atom is 0.321 e. The van der Waals surface area contributed by atoms with Gasteiger partial charge in [-0.25, -0.2) is 0 Å². The highest BCUT2D eigenvalue weighted by Gasteiger charge is 2.27. The average Bonchev–Trinajstić information content (AvgIpc) is 2.63. The highest BCUT2D eigenvalue weighted by molar-refractivity contribution is 5.19. The standard InChI is InChI=1S/C11H21N3O2/c1-6-15-11(4,5)9-13-10(16-14-9)12-7-8(2)3/h8H,6-7H2,1-5H3,(H,12,13,14). The Morgan fingerprint density at radius 1 is 1.44 bits per heavy atom. The van der Waals surface area contributed by atoms with Crippen molar-refractivity contribution in [3.8, 4) is 0 Å². The van der Waals surface area contributed by atoms with Crippen molar-refractivity contribution in [2.24, 2.45) is 5.92 Å². The van der Waals surface area contributed by atoms with Crippen LogP contribution in [0.4, 0.5) is 6.01 Å². The van der Waals surface area contributed by atoms with E-state index < -0.39 is 5.60 Å². The van der Waals surface area contributed by atoms with Crippen LogP contribution >= 0.6 is 0 Å². The molecule has 1 aromatic rings. The van der Waals surface area contributed by atoms with Crippen LogP contribution in [0.5, 0.6) is 0 Å². The first-order chi connectivity index (χ1) is 7.45. The van der Waals surface area contributed by atoms with E-state index in [9.17, 15) is 0 Å². The molecule has 1 N–H and O–H groups in total. The second-order valence-corrected chi connectivity index (χ2v) is 4.64. The molecule has 16 heavy (non-hydrogen) atoms. The molecule has 0 bridgehead atoms. The number of nitrogens with one attached hydrogen (secondary N) is 1. The molecule has 0 saturated carbocycles. The van der Waals surface area contributed by atoms with Crippen LogP contribution in [0.2, 0.25) is 0 Å². The van der Waals surface area contributed by atoms with Crippen LogP contribution in [0, 0.1) is 5.92 Å². The van der Waals surface area contributed by atoms with Gasteiger partial charge in [0.2, 0.25) is 5.82 Å². The third kappa shape index (κ3) is 3.48. The molecule has 1 aromatic heterocycles. The van der Waals surface area contributed by atoms with E-state index in [1.807, 2.05) is 20.8 Å². The zero-order chi connectivity index (χ0) is 12.2. The summed E-state index contributed by atoms with van der Waals surface area (Å²) in [6.45, 7) is 11.5. The number of hydrogen-bond acceptors (Lipinski definition) is 5. The van der Waals surface area contributed by atoms with E-state index in [1.54, 1.807) is 0 Å². The number of anilines is 1. The van der Waals surface area contributed by atoms with Gasteiger partial charge in [-0.05, 0) is 26.7 Å². The minimum atomic E-state index is -0.504. The maximum absolute atomic E-state index is 5.54. The normalized spacial score (nSPS) is 12.1. The molecule has 0 aliphatic heterocycles. The molecule has 1 heterocycles. The van der Waals surface area contributed by atoms with E-state index >= 15 is 0 Å². The molecule has 0 amide bonds. The van der Waals surface area contributed by atoms with Gasteiger partial charge >= 0.3 is 6.01 Å². The SMILES string of the molecule is CCOC(C)(C)c1noc(NCC(C)C)n1. The summed E-state index contributed by atoms with van der Waals surface area (Å²) in [5.41, 5.74) is -0.504. The van der Waals surface area contributed by atoms with Crippen molar-refractivity contribution < 1.29 is 9.26 Å². The summed E-state index contributed by atoms with van der Waals surface area (Å²) in [5, 5.41) is 6.99. The predicted octanol–water partition coefficient (Wildman–Crippen LogP) is 2.41.